The highest BCUT2D eigenvalue weighted by atomic mass is 35.5. The van der Waals surface area contributed by atoms with Crippen LogP contribution < -0.4 is 21.3 Å². The number of likely N-dealkylation sites (N-methyl/N-ethyl adjacent to an activating group) is 7. The normalized spacial score (nSPS) is 24.3. The van der Waals surface area contributed by atoms with Crippen molar-refractivity contribution in [2.75, 3.05) is 82.1 Å². The van der Waals surface area contributed by atoms with Gasteiger partial charge in [-0.1, -0.05) is 111 Å². The third kappa shape index (κ3) is 22.3. The minimum absolute atomic E-state index is 0.0345. The molecule has 5 rings (SSSR count). The van der Waals surface area contributed by atoms with Crippen LogP contribution in [0.2, 0.25) is 5.02 Å². The molecular weight excluding hydrogens is 1310 g/mol. The number of hydrogen-bond donors (Lipinski definition) is 4. The molecule has 3 aliphatic rings. The van der Waals surface area contributed by atoms with E-state index in [9.17, 15) is 51.5 Å². The third-order valence-electron chi connectivity index (χ3n) is 19.4. The van der Waals surface area contributed by atoms with Crippen molar-refractivity contribution in [3.63, 3.8) is 0 Å². The number of aryl methyl sites for hydroxylation is 1. The highest BCUT2D eigenvalue weighted by Crippen LogP contribution is 2.34. The van der Waals surface area contributed by atoms with Gasteiger partial charge in [-0.05, 0) is 117 Å². The predicted octanol–water partition coefficient (Wildman–Crippen LogP) is 5.31. The highest BCUT2D eigenvalue weighted by molar-refractivity contribution is 6.30. The Balaban J connectivity index is 1.64. The van der Waals surface area contributed by atoms with Gasteiger partial charge in [-0.25, -0.2) is 0 Å². The van der Waals surface area contributed by atoms with Crippen molar-refractivity contribution < 1.29 is 70.7 Å². The van der Waals surface area contributed by atoms with E-state index in [4.69, 9.17) is 11.6 Å². The lowest BCUT2D eigenvalue weighted by atomic mass is 9.91. The van der Waals surface area contributed by atoms with Crippen molar-refractivity contribution in [1.82, 2.24) is 60.5 Å². The third-order valence-corrected chi connectivity index (χ3v) is 19.7. The monoisotopic (exact) mass is 1410 g/mol. The second-order valence-electron chi connectivity index (χ2n) is 28.5. The Labute approximate surface area is 586 Å². The van der Waals surface area contributed by atoms with Gasteiger partial charge < -0.3 is 60.5 Å². The molecule has 1 spiro atoms. The Morgan fingerprint density at radius 3 is 1.67 bits per heavy atom. The van der Waals surface area contributed by atoms with Gasteiger partial charge in [0, 0.05) is 73.9 Å². The highest BCUT2D eigenvalue weighted by Gasteiger charge is 2.49. The summed E-state index contributed by atoms with van der Waals surface area (Å²) >= 11 is 6.23. The number of rotatable bonds is 13. The van der Waals surface area contributed by atoms with Gasteiger partial charge in [0.2, 0.25) is 70.9 Å². The van der Waals surface area contributed by atoms with Crippen LogP contribution in [0.25, 0.3) is 0 Å². The summed E-state index contributed by atoms with van der Waals surface area (Å²) in [6, 6.07) is 1.41. The van der Waals surface area contributed by atoms with Crippen LogP contribution in [-0.4, -0.2) is 240 Å². The standard InChI is InChI=1S/C71H106ClF3N12O12/c1-16-46(8)60-68(98)82(11)41-58(90)80(9)42-59(91)83(12)55(38-48-24-29-50(72)30-25-48)67(97)81(10)40-56(88)76-51(31-26-47-22-27-49(28-23-47)71(73,74)75)65(95)84(13)54(37-44(4)5)63(93)79-70(32-18-19-33-70)69(99)85(14)53(36-43(2)3)62(92)77-52(66(96)87-34-20-17-21-35-87)39-57(89)86(15)61(45(6)7)64(94)78-60/h22-25,27-30,43-46,51-55,60-61H,16-21,26,31-42H2,1-15H3,(H,76,88)(H,77,92)(H,78,94)(H,79,93)/t46-,51-,52-,53-,54-,55-,60-,61-/m0/s1. The number of nitrogens with one attached hydrogen (secondary N) is 4. The van der Waals surface area contributed by atoms with Gasteiger partial charge in [0.1, 0.15) is 47.8 Å². The van der Waals surface area contributed by atoms with E-state index in [0.717, 1.165) is 43.1 Å². The molecule has 2 saturated heterocycles. The summed E-state index contributed by atoms with van der Waals surface area (Å²) in [6.07, 6.45) is -1.72. The molecule has 12 amide bonds. The summed E-state index contributed by atoms with van der Waals surface area (Å²) in [5, 5.41) is 11.8. The van der Waals surface area contributed by atoms with Crippen LogP contribution in [-0.2, 0) is 76.6 Å². The molecule has 2 heterocycles. The number of piperidine rings is 1. The topological polar surface area (TPSA) is 279 Å². The fraction of sp³-hybridized carbons (Fsp3) is 0.662. The fourth-order valence-electron chi connectivity index (χ4n) is 13.1. The second-order valence-corrected chi connectivity index (χ2v) is 28.9. The van der Waals surface area contributed by atoms with E-state index in [1.807, 2.05) is 27.7 Å². The maximum Gasteiger partial charge on any atom is 0.416 e. The summed E-state index contributed by atoms with van der Waals surface area (Å²) in [4.78, 5) is 187. The number of amides is 12. The largest absolute Gasteiger partial charge is 0.416 e. The zero-order valence-corrected chi connectivity index (χ0v) is 61.1. The number of hydrogen-bond acceptors (Lipinski definition) is 12. The lowest BCUT2D eigenvalue weighted by Crippen LogP contribution is -2.65. The molecule has 2 aliphatic heterocycles. The van der Waals surface area contributed by atoms with E-state index in [1.165, 1.54) is 71.3 Å². The summed E-state index contributed by atoms with van der Waals surface area (Å²) in [5.41, 5.74) is -1.60. The van der Waals surface area contributed by atoms with Crippen molar-refractivity contribution in [3.8, 4) is 0 Å². The Bertz CT molecular complexity index is 3180. The van der Waals surface area contributed by atoms with Crippen molar-refractivity contribution in [2.24, 2.45) is 23.7 Å². The average Bonchev–Trinajstić information content (AvgIpc) is 1.75. The van der Waals surface area contributed by atoms with Crippen molar-refractivity contribution in [2.45, 2.75) is 199 Å². The molecule has 0 bridgehead atoms. The Kier molecular flexibility index (Phi) is 30.2. The second kappa shape index (κ2) is 36.5. The number of nitrogens with zero attached hydrogens (tertiary/aromatic N) is 8. The zero-order chi connectivity index (χ0) is 74.1. The lowest BCUT2D eigenvalue weighted by Gasteiger charge is -2.40. The van der Waals surface area contributed by atoms with E-state index < -0.39 is 168 Å². The molecule has 8 atom stereocenters. The lowest BCUT2D eigenvalue weighted by molar-refractivity contribution is -0.150. The molecule has 0 unspecified atom stereocenters. The number of alkyl halides is 3. The summed E-state index contributed by atoms with van der Waals surface area (Å²) in [7, 11) is 9.53. The number of halogens is 4. The first-order valence-electron chi connectivity index (χ1n) is 34.5. The van der Waals surface area contributed by atoms with Gasteiger partial charge >= 0.3 is 6.18 Å². The van der Waals surface area contributed by atoms with E-state index in [-0.39, 0.29) is 56.8 Å². The van der Waals surface area contributed by atoms with Crippen LogP contribution in [0.15, 0.2) is 48.5 Å². The molecule has 4 N–H and O–H groups in total. The summed E-state index contributed by atoms with van der Waals surface area (Å²) < 4.78 is 41.1. The smallest absolute Gasteiger partial charge is 0.343 e. The Hall–Kier alpha value is -7.84. The first-order chi connectivity index (χ1) is 46.3. The summed E-state index contributed by atoms with van der Waals surface area (Å²) in [6.45, 7) is 13.1. The molecule has 1 aliphatic carbocycles. The number of benzene rings is 2. The molecule has 0 radical (unpaired) electrons. The molecule has 2 aromatic rings. The van der Waals surface area contributed by atoms with E-state index >= 15 is 19.2 Å². The molecular formula is C71H106ClF3N12O12. The number of likely N-dealkylation sites (tertiary alicyclic amines) is 1. The number of carbonyl (C=O) groups excluding carboxylic acids is 12. The number of carbonyl (C=O) groups is 12. The molecule has 0 aromatic heterocycles. The van der Waals surface area contributed by atoms with Gasteiger partial charge in [-0.2, -0.15) is 13.2 Å². The summed E-state index contributed by atoms with van der Waals surface area (Å²) in [5.74, 6) is -10.2. The SMILES string of the molecule is CC[C@H](C)[C@@H]1NC(=O)[C@H](C(C)C)N(C)C(=O)C[C@@H](C(=O)N2CCCCC2)NC(=O)[C@H](CC(C)C)N(C)C(=O)C2(CCCC2)NC(=O)[C@H](CC(C)C)N(C)C(=O)[C@H](CCc2ccc(C(F)(F)F)cc2)NC(=O)CN(C)C(=O)[C@H](Cc2ccc(Cl)cc2)N(C)C(=O)CN(C)C(=O)CN(C)C1=O. The van der Waals surface area contributed by atoms with Gasteiger partial charge in [0.05, 0.1) is 31.6 Å². The quantitative estimate of drug-likeness (QED) is 0.199. The molecule has 2 aromatic carbocycles. The van der Waals surface area contributed by atoms with Crippen LogP contribution in [0, 0.1) is 23.7 Å². The van der Waals surface area contributed by atoms with E-state index in [2.05, 4.69) is 21.3 Å². The minimum atomic E-state index is -4.64. The maximum absolute atomic E-state index is 15.4. The molecule has 24 nitrogen and oxygen atoms in total. The van der Waals surface area contributed by atoms with Crippen LogP contribution >= 0.6 is 11.6 Å². The molecule has 28 heteroatoms. The predicted molar refractivity (Wildman–Crippen MR) is 367 cm³/mol. The first kappa shape index (κ1) is 81.8. The minimum Gasteiger partial charge on any atom is -0.343 e. The van der Waals surface area contributed by atoms with Crippen LogP contribution in [0.5, 0.6) is 0 Å². The van der Waals surface area contributed by atoms with Crippen LogP contribution in [0.4, 0.5) is 13.2 Å². The van der Waals surface area contributed by atoms with Crippen molar-refractivity contribution in [1.29, 1.82) is 0 Å². The van der Waals surface area contributed by atoms with Crippen LogP contribution in [0.1, 0.15) is 149 Å². The maximum atomic E-state index is 15.4. The molecule has 1 saturated carbocycles. The Morgan fingerprint density at radius 2 is 1.12 bits per heavy atom. The van der Waals surface area contributed by atoms with Gasteiger partial charge in [0.15, 0.2) is 0 Å². The van der Waals surface area contributed by atoms with Gasteiger partial charge in [0.25, 0.3) is 0 Å². The fourth-order valence-corrected chi connectivity index (χ4v) is 13.3. The molecule has 99 heavy (non-hydrogen) atoms. The molecule has 550 valence electrons. The van der Waals surface area contributed by atoms with Crippen molar-refractivity contribution in [3.05, 3.63) is 70.2 Å². The van der Waals surface area contributed by atoms with E-state index in [1.54, 1.807) is 56.9 Å². The van der Waals surface area contributed by atoms with E-state index in [0.29, 0.717) is 61.3 Å². The zero-order valence-electron chi connectivity index (χ0n) is 60.4. The Morgan fingerprint density at radius 1 is 0.576 bits per heavy atom. The average molecular weight is 1410 g/mol. The van der Waals surface area contributed by atoms with Gasteiger partial charge in [-0.15, -0.1) is 0 Å². The van der Waals surface area contributed by atoms with Crippen LogP contribution in [0.3, 0.4) is 0 Å². The van der Waals surface area contributed by atoms with Crippen molar-refractivity contribution >= 4 is 82.5 Å². The van der Waals surface area contributed by atoms with Gasteiger partial charge in [-0.3, -0.25) is 57.5 Å². The molecule has 3 fully saturated rings. The first-order valence-corrected chi connectivity index (χ1v) is 34.9.